The van der Waals surface area contributed by atoms with E-state index in [1.165, 1.54) is 5.69 Å². The third kappa shape index (κ3) is 2.82. The lowest BCUT2D eigenvalue weighted by atomic mass is 10.1. The molecule has 0 bridgehead atoms. The molecule has 0 atom stereocenters. The van der Waals surface area contributed by atoms with E-state index in [4.69, 9.17) is 0 Å². The lowest BCUT2D eigenvalue weighted by Crippen LogP contribution is -2.21. The van der Waals surface area contributed by atoms with Crippen LogP contribution in [0.15, 0.2) is 24.3 Å². The molecule has 1 aromatic carbocycles. The summed E-state index contributed by atoms with van der Waals surface area (Å²) in [6.07, 6.45) is 0.574. The van der Waals surface area contributed by atoms with Crippen molar-refractivity contribution in [2.75, 3.05) is 18.0 Å². The molecule has 0 aliphatic rings. The summed E-state index contributed by atoms with van der Waals surface area (Å²) in [7, 11) is 0. The molecular formula is C13H19NO. The first-order valence-corrected chi connectivity index (χ1v) is 5.61. The number of rotatable bonds is 5. The zero-order chi connectivity index (χ0) is 11.3. The molecule has 2 heteroatoms. The van der Waals surface area contributed by atoms with E-state index in [9.17, 15) is 4.79 Å². The molecule has 0 heterocycles. The van der Waals surface area contributed by atoms with Crippen molar-refractivity contribution in [3.8, 4) is 0 Å². The van der Waals surface area contributed by atoms with Gasteiger partial charge in [-0.3, -0.25) is 4.79 Å². The molecule has 0 aliphatic carbocycles. The van der Waals surface area contributed by atoms with E-state index in [-0.39, 0.29) is 5.78 Å². The fraction of sp³-hybridized carbons (Fsp3) is 0.462. The first-order chi connectivity index (χ1) is 7.22. The van der Waals surface area contributed by atoms with Crippen molar-refractivity contribution >= 4 is 11.5 Å². The average molecular weight is 205 g/mol. The van der Waals surface area contributed by atoms with Gasteiger partial charge in [0.05, 0.1) is 0 Å². The van der Waals surface area contributed by atoms with Crippen LogP contribution in [0, 0.1) is 0 Å². The molecule has 0 saturated heterocycles. The summed E-state index contributed by atoms with van der Waals surface area (Å²) in [5.41, 5.74) is 2.00. The fourth-order valence-electron chi connectivity index (χ4n) is 1.65. The largest absolute Gasteiger partial charge is 0.372 e. The molecule has 0 fully saturated rings. The Balaban J connectivity index is 2.84. The van der Waals surface area contributed by atoms with Crippen LogP contribution < -0.4 is 4.90 Å². The van der Waals surface area contributed by atoms with Crippen LogP contribution in [-0.2, 0) is 0 Å². The molecule has 0 saturated carbocycles. The second kappa shape index (κ2) is 5.54. The molecule has 0 aliphatic heterocycles. The summed E-state index contributed by atoms with van der Waals surface area (Å²) in [5, 5.41) is 0. The first-order valence-electron chi connectivity index (χ1n) is 5.61. The molecular weight excluding hydrogens is 186 g/mol. The van der Waals surface area contributed by atoms with Crippen molar-refractivity contribution in [1.82, 2.24) is 0 Å². The van der Waals surface area contributed by atoms with E-state index in [1.807, 2.05) is 31.2 Å². The zero-order valence-corrected chi connectivity index (χ0v) is 9.79. The van der Waals surface area contributed by atoms with Crippen LogP contribution in [0.4, 0.5) is 5.69 Å². The lowest BCUT2D eigenvalue weighted by molar-refractivity contribution is 0.0988. The zero-order valence-electron chi connectivity index (χ0n) is 9.79. The molecule has 15 heavy (non-hydrogen) atoms. The number of nitrogens with zero attached hydrogens (tertiary/aromatic N) is 1. The molecule has 0 radical (unpaired) electrons. The number of carbonyl (C=O) groups excluding carboxylic acids is 1. The molecule has 1 aromatic rings. The van der Waals surface area contributed by atoms with Crippen molar-refractivity contribution in [3.05, 3.63) is 29.8 Å². The van der Waals surface area contributed by atoms with Gasteiger partial charge in [0, 0.05) is 30.8 Å². The summed E-state index contributed by atoms with van der Waals surface area (Å²) < 4.78 is 0. The quantitative estimate of drug-likeness (QED) is 0.688. The van der Waals surface area contributed by atoms with Crippen LogP contribution in [-0.4, -0.2) is 18.9 Å². The molecule has 82 valence electrons. The van der Waals surface area contributed by atoms with Gasteiger partial charge in [0.25, 0.3) is 0 Å². The standard InChI is InChI=1S/C13H19NO/c1-4-13(15)11-7-9-12(10-8-11)14(5-2)6-3/h7-10H,4-6H2,1-3H3. The van der Waals surface area contributed by atoms with Crippen LogP contribution in [0.2, 0.25) is 0 Å². The van der Waals surface area contributed by atoms with Gasteiger partial charge in [0.2, 0.25) is 0 Å². The second-order valence-corrected chi connectivity index (χ2v) is 3.50. The van der Waals surface area contributed by atoms with E-state index in [0.29, 0.717) is 6.42 Å². The summed E-state index contributed by atoms with van der Waals surface area (Å²) in [6, 6.07) is 7.88. The van der Waals surface area contributed by atoms with Gasteiger partial charge in [-0.2, -0.15) is 0 Å². The van der Waals surface area contributed by atoms with Crippen molar-refractivity contribution in [3.63, 3.8) is 0 Å². The lowest BCUT2D eigenvalue weighted by Gasteiger charge is -2.20. The van der Waals surface area contributed by atoms with E-state index in [2.05, 4.69) is 18.7 Å². The maximum atomic E-state index is 11.4. The van der Waals surface area contributed by atoms with E-state index in [1.54, 1.807) is 0 Å². The number of anilines is 1. The van der Waals surface area contributed by atoms with Gasteiger partial charge in [-0.15, -0.1) is 0 Å². The van der Waals surface area contributed by atoms with E-state index >= 15 is 0 Å². The highest BCUT2D eigenvalue weighted by Gasteiger charge is 2.04. The number of Topliss-reactive ketones (excluding diaryl/α,β-unsaturated/α-hetero) is 1. The molecule has 2 nitrogen and oxygen atoms in total. The highest BCUT2D eigenvalue weighted by molar-refractivity contribution is 5.96. The average Bonchev–Trinajstić information content (AvgIpc) is 2.30. The summed E-state index contributed by atoms with van der Waals surface area (Å²) >= 11 is 0. The highest BCUT2D eigenvalue weighted by Crippen LogP contribution is 2.15. The molecule has 0 unspecified atom stereocenters. The normalized spacial score (nSPS) is 10.1. The van der Waals surface area contributed by atoms with Gasteiger partial charge in [-0.25, -0.2) is 0 Å². The van der Waals surface area contributed by atoms with Gasteiger partial charge in [0.1, 0.15) is 0 Å². The maximum Gasteiger partial charge on any atom is 0.162 e. The molecule has 1 rings (SSSR count). The first kappa shape index (κ1) is 11.8. The summed E-state index contributed by atoms with van der Waals surface area (Å²) in [6.45, 7) is 8.15. The fourth-order valence-corrected chi connectivity index (χ4v) is 1.65. The maximum absolute atomic E-state index is 11.4. The number of hydrogen-bond donors (Lipinski definition) is 0. The number of ketones is 1. The minimum atomic E-state index is 0.209. The smallest absolute Gasteiger partial charge is 0.162 e. The Labute approximate surface area is 91.9 Å². The Morgan fingerprint density at radius 2 is 1.60 bits per heavy atom. The van der Waals surface area contributed by atoms with Crippen LogP contribution >= 0.6 is 0 Å². The summed E-state index contributed by atoms with van der Waals surface area (Å²) in [4.78, 5) is 13.7. The third-order valence-corrected chi connectivity index (χ3v) is 2.64. The van der Waals surface area contributed by atoms with Crippen molar-refractivity contribution in [1.29, 1.82) is 0 Å². The van der Waals surface area contributed by atoms with Gasteiger partial charge in [0.15, 0.2) is 5.78 Å². The Bertz CT molecular complexity index is 312. The van der Waals surface area contributed by atoms with Crippen LogP contribution in [0.3, 0.4) is 0 Å². The number of carbonyl (C=O) groups is 1. The minimum absolute atomic E-state index is 0.209. The minimum Gasteiger partial charge on any atom is -0.372 e. The van der Waals surface area contributed by atoms with E-state index in [0.717, 1.165) is 18.7 Å². The molecule has 0 N–H and O–H groups in total. The van der Waals surface area contributed by atoms with Crippen LogP contribution in [0.1, 0.15) is 37.6 Å². The second-order valence-electron chi connectivity index (χ2n) is 3.50. The molecule has 0 amide bonds. The molecule has 0 aromatic heterocycles. The predicted octanol–water partition coefficient (Wildman–Crippen LogP) is 3.13. The van der Waals surface area contributed by atoms with Gasteiger partial charge in [-0.1, -0.05) is 6.92 Å². The van der Waals surface area contributed by atoms with Crippen molar-refractivity contribution in [2.24, 2.45) is 0 Å². The Morgan fingerprint density at radius 1 is 1.07 bits per heavy atom. The topological polar surface area (TPSA) is 20.3 Å². The Morgan fingerprint density at radius 3 is 2.00 bits per heavy atom. The Kier molecular flexibility index (Phi) is 4.35. The summed E-state index contributed by atoms with van der Waals surface area (Å²) in [5.74, 6) is 0.209. The molecule has 0 spiro atoms. The monoisotopic (exact) mass is 205 g/mol. The van der Waals surface area contributed by atoms with E-state index < -0.39 is 0 Å². The predicted molar refractivity (Wildman–Crippen MR) is 64.6 cm³/mol. The highest BCUT2D eigenvalue weighted by atomic mass is 16.1. The Hall–Kier alpha value is -1.31. The van der Waals surface area contributed by atoms with Crippen LogP contribution in [0.25, 0.3) is 0 Å². The van der Waals surface area contributed by atoms with Gasteiger partial charge < -0.3 is 4.90 Å². The van der Waals surface area contributed by atoms with Crippen molar-refractivity contribution in [2.45, 2.75) is 27.2 Å². The number of benzene rings is 1. The van der Waals surface area contributed by atoms with Crippen LogP contribution in [0.5, 0.6) is 0 Å². The van der Waals surface area contributed by atoms with Gasteiger partial charge in [-0.05, 0) is 38.1 Å². The van der Waals surface area contributed by atoms with Gasteiger partial charge >= 0.3 is 0 Å². The van der Waals surface area contributed by atoms with Crippen molar-refractivity contribution < 1.29 is 4.79 Å². The SMILES string of the molecule is CCC(=O)c1ccc(N(CC)CC)cc1. The number of hydrogen-bond acceptors (Lipinski definition) is 2. The third-order valence-electron chi connectivity index (χ3n) is 2.64.